The van der Waals surface area contributed by atoms with Crippen molar-refractivity contribution in [1.82, 2.24) is 15.2 Å². The van der Waals surface area contributed by atoms with Gasteiger partial charge in [0.15, 0.2) is 0 Å². The highest BCUT2D eigenvalue weighted by atomic mass is 19.1. The summed E-state index contributed by atoms with van der Waals surface area (Å²) < 4.78 is 27.5. The van der Waals surface area contributed by atoms with E-state index in [0.29, 0.717) is 6.54 Å². The highest BCUT2D eigenvalue weighted by molar-refractivity contribution is 5.75. The number of aromatic nitrogens is 1. The fraction of sp³-hybridized carbons (Fsp3) is 0.368. The van der Waals surface area contributed by atoms with Crippen LogP contribution in [0.5, 0.6) is 0 Å². The lowest BCUT2D eigenvalue weighted by Gasteiger charge is -2.27. The zero-order valence-electron chi connectivity index (χ0n) is 14.1. The third-order valence-corrected chi connectivity index (χ3v) is 4.55. The highest BCUT2D eigenvalue weighted by Crippen LogP contribution is 2.31. The van der Waals surface area contributed by atoms with Crippen LogP contribution in [0.4, 0.5) is 13.6 Å². The van der Waals surface area contributed by atoms with Crippen LogP contribution < -0.4 is 5.32 Å². The van der Waals surface area contributed by atoms with Crippen LogP contribution >= 0.6 is 0 Å². The lowest BCUT2D eigenvalue weighted by molar-refractivity contribution is 0.189. The number of benzene rings is 1. The predicted octanol–water partition coefficient (Wildman–Crippen LogP) is 3.84. The van der Waals surface area contributed by atoms with E-state index in [1.54, 1.807) is 24.2 Å². The molecule has 1 aromatic carbocycles. The van der Waals surface area contributed by atoms with Gasteiger partial charge in [0.05, 0.1) is 6.04 Å². The molecule has 0 saturated carbocycles. The fourth-order valence-corrected chi connectivity index (χ4v) is 3.32. The molecule has 2 unspecified atom stereocenters. The number of nitrogens with zero attached hydrogens (tertiary/aromatic N) is 2. The first-order chi connectivity index (χ1) is 12.1. The Labute approximate surface area is 145 Å². The van der Waals surface area contributed by atoms with Crippen molar-refractivity contribution in [3.63, 3.8) is 0 Å². The third-order valence-electron chi connectivity index (χ3n) is 4.55. The Kier molecular flexibility index (Phi) is 5.26. The predicted molar refractivity (Wildman–Crippen MR) is 91.0 cm³/mol. The van der Waals surface area contributed by atoms with Crippen molar-refractivity contribution in [2.45, 2.75) is 38.3 Å². The van der Waals surface area contributed by atoms with Crippen LogP contribution in [0, 0.1) is 11.6 Å². The van der Waals surface area contributed by atoms with Gasteiger partial charge in [0.2, 0.25) is 0 Å². The molecule has 2 amide bonds. The van der Waals surface area contributed by atoms with E-state index < -0.39 is 11.6 Å². The van der Waals surface area contributed by atoms with Crippen LogP contribution in [0.1, 0.15) is 36.9 Å². The molecule has 0 bridgehead atoms. The Bertz CT molecular complexity index is 718. The van der Waals surface area contributed by atoms with Crippen molar-refractivity contribution < 1.29 is 13.6 Å². The van der Waals surface area contributed by atoms with Gasteiger partial charge in [-0.2, -0.15) is 0 Å². The van der Waals surface area contributed by atoms with E-state index in [-0.39, 0.29) is 30.1 Å². The van der Waals surface area contributed by atoms with Crippen molar-refractivity contribution in [2.24, 2.45) is 0 Å². The molecule has 4 nitrogen and oxygen atoms in total. The Morgan fingerprint density at radius 3 is 2.64 bits per heavy atom. The lowest BCUT2D eigenvalue weighted by atomic mass is 10.1. The van der Waals surface area contributed by atoms with Gasteiger partial charge in [0.25, 0.3) is 0 Å². The number of amides is 2. The van der Waals surface area contributed by atoms with Gasteiger partial charge in [0.1, 0.15) is 11.6 Å². The van der Waals surface area contributed by atoms with Crippen molar-refractivity contribution in [3.8, 4) is 0 Å². The summed E-state index contributed by atoms with van der Waals surface area (Å²) in [5.41, 5.74) is 1.05. The maximum Gasteiger partial charge on any atom is 0.318 e. The number of carbonyl (C=O) groups excluding carboxylic acids is 1. The molecule has 3 rings (SSSR count). The van der Waals surface area contributed by atoms with Crippen LogP contribution in [-0.4, -0.2) is 28.5 Å². The molecule has 1 saturated heterocycles. The maximum atomic E-state index is 13.8. The molecule has 1 aliphatic rings. The van der Waals surface area contributed by atoms with Gasteiger partial charge in [-0.15, -0.1) is 0 Å². The standard InChI is InChI=1S/C19H21F2N3O/c1-13(12-15-16(20)4-2-5-17(15)21)23-19(25)24-11-3-6-18(24)14-7-9-22-10-8-14/h2,4-5,7-10,13,18H,3,6,11-12H2,1H3,(H,23,25). The van der Waals surface area contributed by atoms with Crippen LogP contribution in [0.25, 0.3) is 0 Å². The first-order valence-corrected chi connectivity index (χ1v) is 8.46. The lowest BCUT2D eigenvalue weighted by Crippen LogP contribution is -2.44. The van der Waals surface area contributed by atoms with E-state index in [9.17, 15) is 13.6 Å². The number of pyridine rings is 1. The van der Waals surface area contributed by atoms with Gasteiger partial charge in [0, 0.05) is 30.5 Å². The van der Waals surface area contributed by atoms with Gasteiger partial charge >= 0.3 is 6.03 Å². The van der Waals surface area contributed by atoms with E-state index in [2.05, 4.69) is 10.3 Å². The molecule has 1 aliphatic heterocycles. The summed E-state index contributed by atoms with van der Waals surface area (Å²) in [5.74, 6) is -1.17. The molecule has 2 heterocycles. The fourth-order valence-electron chi connectivity index (χ4n) is 3.32. The summed E-state index contributed by atoms with van der Waals surface area (Å²) in [5, 5.41) is 2.86. The number of carbonyl (C=O) groups is 1. The first kappa shape index (κ1) is 17.3. The van der Waals surface area contributed by atoms with Crippen molar-refractivity contribution in [2.75, 3.05) is 6.54 Å². The minimum absolute atomic E-state index is 0.00223. The van der Waals surface area contributed by atoms with Gasteiger partial charge in [-0.3, -0.25) is 4.98 Å². The number of halogens is 2. The van der Waals surface area contributed by atoms with Crippen LogP contribution in [0.15, 0.2) is 42.7 Å². The zero-order valence-corrected chi connectivity index (χ0v) is 14.1. The molecular formula is C19H21F2N3O. The SMILES string of the molecule is CC(Cc1c(F)cccc1F)NC(=O)N1CCCC1c1ccncc1. The largest absolute Gasteiger partial charge is 0.335 e. The van der Waals surface area contributed by atoms with Gasteiger partial charge in [-0.25, -0.2) is 13.6 Å². The molecule has 2 aromatic rings. The monoisotopic (exact) mass is 345 g/mol. The average molecular weight is 345 g/mol. The van der Waals surface area contributed by atoms with Crippen LogP contribution in [0.3, 0.4) is 0 Å². The van der Waals surface area contributed by atoms with Crippen molar-refractivity contribution in [1.29, 1.82) is 0 Å². The average Bonchev–Trinajstić information content (AvgIpc) is 3.09. The summed E-state index contributed by atoms with van der Waals surface area (Å²) in [6, 6.07) is 7.05. The summed E-state index contributed by atoms with van der Waals surface area (Å²) in [4.78, 5) is 18.4. The van der Waals surface area contributed by atoms with Gasteiger partial charge < -0.3 is 10.2 Å². The first-order valence-electron chi connectivity index (χ1n) is 8.46. The molecule has 0 radical (unpaired) electrons. The van der Waals surface area contributed by atoms with Crippen molar-refractivity contribution >= 4 is 6.03 Å². The summed E-state index contributed by atoms with van der Waals surface area (Å²) in [7, 11) is 0. The second-order valence-electron chi connectivity index (χ2n) is 6.39. The molecule has 0 aliphatic carbocycles. The third kappa shape index (κ3) is 3.95. The Balaban J connectivity index is 1.65. The molecule has 1 fully saturated rings. The number of nitrogens with one attached hydrogen (secondary N) is 1. The topological polar surface area (TPSA) is 45.2 Å². The minimum Gasteiger partial charge on any atom is -0.335 e. The molecule has 2 atom stereocenters. The molecule has 25 heavy (non-hydrogen) atoms. The van der Waals surface area contributed by atoms with Crippen molar-refractivity contribution in [3.05, 3.63) is 65.5 Å². The Hall–Kier alpha value is -2.50. The molecule has 0 spiro atoms. The number of hydrogen-bond donors (Lipinski definition) is 1. The van der Waals surface area contributed by atoms with E-state index >= 15 is 0 Å². The van der Waals surface area contributed by atoms with E-state index in [4.69, 9.17) is 0 Å². The number of likely N-dealkylation sites (tertiary alicyclic amines) is 1. The number of hydrogen-bond acceptors (Lipinski definition) is 2. The van der Waals surface area contributed by atoms with E-state index in [0.717, 1.165) is 18.4 Å². The number of urea groups is 1. The van der Waals surface area contributed by atoms with Crippen LogP contribution in [-0.2, 0) is 6.42 Å². The smallest absolute Gasteiger partial charge is 0.318 e. The van der Waals surface area contributed by atoms with E-state index in [1.165, 1.54) is 18.2 Å². The second kappa shape index (κ2) is 7.59. The minimum atomic E-state index is -0.586. The van der Waals surface area contributed by atoms with E-state index in [1.807, 2.05) is 12.1 Å². The Morgan fingerprint density at radius 2 is 1.96 bits per heavy atom. The molecule has 1 N–H and O–H groups in total. The molecule has 132 valence electrons. The summed E-state index contributed by atoms with van der Waals surface area (Å²) in [6.45, 7) is 2.42. The summed E-state index contributed by atoms with van der Waals surface area (Å²) >= 11 is 0. The molecule has 1 aromatic heterocycles. The quantitative estimate of drug-likeness (QED) is 0.915. The molecule has 6 heteroatoms. The summed E-state index contributed by atoms with van der Waals surface area (Å²) in [6.07, 6.45) is 5.36. The van der Waals surface area contributed by atoms with Gasteiger partial charge in [-0.05, 0) is 56.0 Å². The maximum absolute atomic E-state index is 13.8. The normalized spacial score (nSPS) is 18.2. The number of rotatable bonds is 4. The zero-order chi connectivity index (χ0) is 17.8. The highest BCUT2D eigenvalue weighted by Gasteiger charge is 2.30. The van der Waals surface area contributed by atoms with Crippen LogP contribution in [0.2, 0.25) is 0 Å². The molecular weight excluding hydrogens is 324 g/mol. The second-order valence-corrected chi connectivity index (χ2v) is 6.39. The van der Waals surface area contributed by atoms with Gasteiger partial charge in [-0.1, -0.05) is 6.07 Å². The Morgan fingerprint density at radius 1 is 1.28 bits per heavy atom.